The molecule has 5 rings (SSSR count). The molecule has 3 fully saturated rings. The van der Waals surface area contributed by atoms with Crippen molar-refractivity contribution >= 4 is 26.8 Å². The van der Waals surface area contributed by atoms with Gasteiger partial charge in [-0.25, -0.2) is 8.42 Å². The molecule has 1 N–H and O–H groups in total. The summed E-state index contributed by atoms with van der Waals surface area (Å²) < 4.78 is 44.1. The largest absolute Gasteiger partial charge is 0.493 e. The molecule has 0 spiro atoms. The smallest absolute Gasteiger partial charge is 0.236 e. The summed E-state index contributed by atoms with van der Waals surface area (Å²) in [6.07, 6.45) is 10.1. The third-order valence-electron chi connectivity index (χ3n) is 7.52. The SMILES string of the molecule is COCCS(=O)(=O)Nc1noc2cc(OCC34CCCC(CC(C)C3)C4)c(C3CC3)cc12. The van der Waals surface area contributed by atoms with Gasteiger partial charge in [0.1, 0.15) is 5.75 Å². The molecular weight excluding hydrogens is 428 g/mol. The Morgan fingerprint density at radius 1 is 1.25 bits per heavy atom. The molecule has 3 atom stereocenters. The van der Waals surface area contributed by atoms with E-state index in [1.807, 2.05) is 12.1 Å². The predicted octanol–water partition coefficient (Wildman–Crippen LogP) is 5.08. The van der Waals surface area contributed by atoms with E-state index in [4.69, 9.17) is 14.0 Å². The molecule has 1 heterocycles. The lowest BCUT2D eigenvalue weighted by Crippen LogP contribution is -2.40. The summed E-state index contributed by atoms with van der Waals surface area (Å²) in [4.78, 5) is 0. The first-order valence-electron chi connectivity index (χ1n) is 11.9. The Morgan fingerprint density at radius 3 is 2.88 bits per heavy atom. The molecule has 2 aromatic rings. The van der Waals surface area contributed by atoms with Crippen LogP contribution < -0.4 is 9.46 Å². The highest BCUT2D eigenvalue weighted by atomic mass is 32.2. The zero-order valence-corrected chi connectivity index (χ0v) is 19.9. The van der Waals surface area contributed by atoms with E-state index in [2.05, 4.69) is 16.8 Å². The van der Waals surface area contributed by atoms with Crippen LogP contribution >= 0.6 is 0 Å². The van der Waals surface area contributed by atoms with E-state index < -0.39 is 10.0 Å². The van der Waals surface area contributed by atoms with Gasteiger partial charge in [-0.1, -0.05) is 24.9 Å². The topological polar surface area (TPSA) is 90.7 Å². The lowest BCUT2D eigenvalue weighted by molar-refractivity contribution is 0.00464. The number of nitrogens with one attached hydrogen (secondary N) is 1. The fraction of sp³-hybridized carbons (Fsp3) is 0.708. The Hall–Kier alpha value is -1.80. The fourth-order valence-electron chi connectivity index (χ4n) is 6.07. The molecule has 8 heteroatoms. The highest BCUT2D eigenvalue weighted by molar-refractivity contribution is 7.92. The molecule has 3 unspecified atom stereocenters. The number of anilines is 1. The van der Waals surface area contributed by atoms with Crippen molar-refractivity contribution in [3.8, 4) is 5.75 Å². The molecule has 7 nitrogen and oxygen atoms in total. The number of nitrogens with zero attached hydrogens (tertiary/aromatic N) is 1. The van der Waals surface area contributed by atoms with Gasteiger partial charge in [0.05, 0.1) is 24.4 Å². The van der Waals surface area contributed by atoms with E-state index in [0.29, 0.717) is 22.3 Å². The Bertz CT molecular complexity index is 1070. The van der Waals surface area contributed by atoms with Crippen molar-refractivity contribution in [2.45, 2.75) is 64.2 Å². The first-order chi connectivity index (χ1) is 15.4. The lowest BCUT2D eigenvalue weighted by atomic mass is 9.59. The summed E-state index contributed by atoms with van der Waals surface area (Å²) in [5, 5.41) is 4.68. The van der Waals surface area contributed by atoms with Gasteiger partial charge in [0.25, 0.3) is 0 Å². The van der Waals surface area contributed by atoms with E-state index in [-0.39, 0.29) is 18.2 Å². The van der Waals surface area contributed by atoms with Crippen molar-refractivity contribution in [1.29, 1.82) is 0 Å². The summed E-state index contributed by atoms with van der Waals surface area (Å²) in [6, 6.07) is 3.92. The standard InChI is InChI=1S/C24H34N2O5S/c1-16-10-17-4-3-7-24(13-16,14-17)15-30-21-12-22-20(11-19(21)18-5-6-18)23(25-31-22)26-32(27,28)9-8-29-2/h11-12,16-18H,3-10,13-15H2,1-2H3,(H,25,26). The lowest BCUT2D eigenvalue weighted by Gasteiger charge is -2.47. The second-order valence-corrected chi connectivity index (χ2v) is 12.2. The molecule has 32 heavy (non-hydrogen) atoms. The number of fused-ring (bicyclic) bond motifs is 3. The molecule has 176 valence electrons. The van der Waals surface area contributed by atoms with Crippen LogP contribution in [0.1, 0.15) is 69.8 Å². The van der Waals surface area contributed by atoms with Crippen molar-refractivity contribution in [2.75, 3.05) is 30.8 Å². The van der Waals surface area contributed by atoms with Gasteiger partial charge in [0, 0.05) is 18.6 Å². The molecule has 2 bridgehead atoms. The first-order valence-corrected chi connectivity index (χ1v) is 13.6. The molecular formula is C24H34N2O5S. The summed E-state index contributed by atoms with van der Waals surface area (Å²) in [6.45, 7) is 3.26. The number of hydrogen-bond acceptors (Lipinski definition) is 6. The molecule has 0 aliphatic heterocycles. The zero-order chi connectivity index (χ0) is 22.3. The summed E-state index contributed by atoms with van der Waals surface area (Å²) >= 11 is 0. The van der Waals surface area contributed by atoms with Crippen LogP contribution in [0.4, 0.5) is 5.82 Å². The average molecular weight is 463 g/mol. The van der Waals surface area contributed by atoms with Crippen molar-refractivity contribution in [3.05, 3.63) is 17.7 Å². The Labute approximate surface area is 190 Å². The van der Waals surface area contributed by atoms with E-state index in [1.165, 1.54) is 45.6 Å². The summed E-state index contributed by atoms with van der Waals surface area (Å²) in [7, 11) is -2.08. The normalized spacial score (nSPS) is 28.1. The minimum atomic E-state index is -3.55. The zero-order valence-electron chi connectivity index (χ0n) is 19.1. The molecule has 1 aromatic heterocycles. The van der Waals surface area contributed by atoms with Gasteiger partial charge in [0.15, 0.2) is 11.4 Å². The van der Waals surface area contributed by atoms with Crippen molar-refractivity contribution in [2.24, 2.45) is 17.3 Å². The van der Waals surface area contributed by atoms with Gasteiger partial charge in [-0.3, -0.25) is 4.72 Å². The third-order valence-corrected chi connectivity index (χ3v) is 8.73. The van der Waals surface area contributed by atoms with Gasteiger partial charge >= 0.3 is 0 Å². The highest BCUT2D eigenvalue weighted by Crippen LogP contribution is 2.52. The number of methoxy groups -OCH3 is 1. The molecule has 0 saturated heterocycles. The van der Waals surface area contributed by atoms with Gasteiger partial charge in [-0.15, -0.1) is 0 Å². The third kappa shape index (κ3) is 4.62. The minimum absolute atomic E-state index is 0.123. The first kappa shape index (κ1) is 22.0. The number of rotatable bonds is 9. The van der Waals surface area contributed by atoms with E-state index in [1.54, 1.807) is 0 Å². The number of benzene rings is 1. The summed E-state index contributed by atoms with van der Waals surface area (Å²) in [5.41, 5.74) is 1.98. The van der Waals surface area contributed by atoms with Gasteiger partial charge in [-0.05, 0) is 67.9 Å². The van der Waals surface area contributed by atoms with E-state index in [0.717, 1.165) is 42.6 Å². The van der Waals surface area contributed by atoms with Gasteiger partial charge in [0.2, 0.25) is 10.0 Å². The number of hydrogen-bond donors (Lipinski definition) is 1. The number of aromatic nitrogens is 1. The quantitative estimate of drug-likeness (QED) is 0.559. The molecule has 3 aliphatic rings. The second-order valence-electron chi connectivity index (χ2n) is 10.4. The highest BCUT2D eigenvalue weighted by Gasteiger charge is 2.42. The van der Waals surface area contributed by atoms with Gasteiger partial charge in [-0.2, -0.15) is 0 Å². The van der Waals surface area contributed by atoms with Crippen LogP contribution in [-0.2, 0) is 14.8 Å². The van der Waals surface area contributed by atoms with Crippen molar-refractivity contribution < 1.29 is 22.4 Å². The molecule has 0 radical (unpaired) electrons. The van der Waals surface area contributed by atoms with Crippen LogP contribution in [0.25, 0.3) is 11.0 Å². The second kappa shape index (κ2) is 8.52. The van der Waals surface area contributed by atoms with Gasteiger partial charge < -0.3 is 14.0 Å². The van der Waals surface area contributed by atoms with Crippen LogP contribution in [0.5, 0.6) is 5.75 Å². The van der Waals surface area contributed by atoms with Crippen molar-refractivity contribution in [3.63, 3.8) is 0 Å². The van der Waals surface area contributed by atoms with E-state index >= 15 is 0 Å². The van der Waals surface area contributed by atoms with Crippen LogP contribution in [0.15, 0.2) is 16.7 Å². The average Bonchev–Trinajstić information content (AvgIpc) is 3.52. The maximum Gasteiger partial charge on any atom is 0.236 e. The maximum absolute atomic E-state index is 12.3. The van der Waals surface area contributed by atoms with Crippen molar-refractivity contribution in [1.82, 2.24) is 5.16 Å². The predicted molar refractivity (Wildman–Crippen MR) is 124 cm³/mol. The number of ether oxygens (including phenoxy) is 2. The summed E-state index contributed by atoms with van der Waals surface area (Å²) in [5.74, 6) is 3.06. The van der Waals surface area contributed by atoms with Crippen LogP contribution in [-0.4, -0.2) is 39.7 Å². The van der Waals surface area contributed by atoms with Crippen LogP contribution in [0.3, 0.4) is 0 Å². The Morgan fingerprint density at radius 2 is 2.09 bits per heavy atom. The van der Waals surface area contributed by atoms with Crippen LogP contribution in [0, 0.1) is 17.3 Å². The van der Waals surface area contributed by atoms with Crippen LogP contribution in [0.2, 0.25) is 0 Å². The molecule has 1 aromatic carbocycles. The molecule has 0 amide bonds. The molecule has 3 aliphatic carbocycles. The Balaban J connectivity index is 1.39. The fourth-order valence-corrected chi connectivity index (χ4v) is 7.00. The Kier molecular flexibility index (Phi) is 5.86. The molecule has 3 saturated carbocycles. The minimum Gasteiger partial charge on any atom is -0.493 e. The monoisotopic (exact) mass is 462 g/mol. The maximum atomic E-state index is 12.3. The van der Waals surface area contributed by atoms with E-state index in [9.17, 15) is 8.42 Å². The number of sulfonamides is 1.